The quantitative estimate of drug-likeness (QED) is 0.722. The van der Waals surface area contributed by atoms with Crippen LogP contribution in [0.15, 0.2) is 0 Å². The monoisotopic (exact) mass is 232 g/mol. The average molecular weight is 232 g/mol. The molecule has 0 aromatic heterocycles. The van der Waals surface area contributed by atoms with Crippen molar-refractivity contribution in [2.75, 3.05) is 32.9 Å². The number of hydrogen-bond donors (Lipinski definition) is 1. The molecule has 0 spiro atoms. The van der Waals surface area contributed by atoms with Crippen molar-refractivity contribution in [3.63, 3.8) is 0 Å². The predicted molar refractivity (Wildman–Crippen MR) is 60.1 cm³/mol. The average Bonchev–Trinajstić information content (AvgIpc) is 2.16. The van der Waals surface area contributed by atoms with Gasteiger partial charge in [0, 0.05) is 26.2 Å². The van der Waals surface area contributed by atoms with E-state index in [1.54, 1.807) is 0 Å². The second-order valence-corrected chi connectivity index (χ2v) is 4.98. The lowest BCUT2D eigenvalue weighted by Crippen LogP contribution is -2.56. The van der Waals surface area contributed by atoms with Crippen molar-refractivity contribution >= 4 is 5.97 Å². The van der Waals surface area contributed by atoms with Gasteiger partial charge >= 0.3 is 5.97 Å². The van der Waals surface area contributed by atoms with Crippen LogP contribution in [0, 0.1) is 0 Å². The van der Waals surface area contributed by atoms with E-state index in [4.69, 9.17) is 4.74 Å². The third-order valence-electron chi connectivity index (χ3n) is 2.40. The molecule has 1 aliphatic rings. The molecule has 1 heterocycles. The third kappa shape index (κ3) is 4.06. The lowest BCUT2D eigenvalue weighted by atomic mass is 10.1. The highest BCUT2D eigenvalue weighted by atomic mass is 19.1. The maximum Gasteiger partial charge on any atom is 0.325 e. The molecular weight excluding hydrogens is 211 g/mol. The fourth-order valence-corrected chi connectivity index (χ4v) is 1.72. The van der Waals surface area contributed by atoms with E-state index < -0.39 is 12.3 Å². The van der Waals surface area contributed by atoms with E-state index in [0.29, 0.717) is 19.6 Å². The minimum atomic E-state index is -0.490. The van der Waals surface area contributed by atoms with Crippen molar-refractivity contribution in [2.24, 2.45) is 0 Å². The van der Waals surface area contributed by atoms with Crippen LogP contribution in [0.5, 0.6) is 0 Å². The van der Waals surface area contributed by atoms with Gasteiger partial charge in [0.15, 0.2) is 0 Å². The SMILES string of the molecule is CC(C)(C)OC(=O)C1CNCCN1CCF. The topological polar surface area (TPSA) is 41.6 Å². The van der Waals surface area contributed by atoms with Gasteiger partial charge in [-0.25, -0.2) is 4.39 Å². The summed E-state index contributed by atoms with van der Waals surface area (Å²) in [5.41, 5.74) is -0.490. The summed E-state index contributed by atoms with van der Waals surface area (Å²) in [6.07, 6.45) is 0. The van der Waals surface area contributed by atoms with Crippen molar-refractivity contribution in [1.29, 1.82) is 0 Å². The number of esters is 1. The summed E-state index contributed by atoms with van der Waals surface area (Å²) in [6, 6.07) is -0.358. The van der Waals surface area contributed by atoms with Crippen LogP contribution in [0.25, 0.3) is 0 Å². The molecule has 4 nitrogen and oxygen atoms in total. The lowest BCUT2D eigenvalue weighted by molar-refractivity contribution is -0.162. The van der Waals surface area contributed by atoms with Gasteiger partial charge in [-0.3, -0.25) is 9.69 Å². The van der Waals surface area contributed by atoms with E-state index >= 15 is 0 Å². The molecule has 1 aliphatic heterocycles. The van der Waals surface area contributed by atoms with Crippen LogP contribution >= 0.6 is 0 Å². The Morgan fingerprint density at radius 2 is 2.25 bits per heavy atom. The van der Waals surface area contributed by atoms with Gasteiger partial charge in [-0.05, 0) is 20.8 Å². The Hall–Kier alpha value is -0.680. The van der Waals surface area contributed by atoms with Crippen molar-refractivity contribution < 1.29 is 13.9 Å². The summed E-state index contributed by atoms with van der Waals surface area (Å²) in [5.74, 6) is -0.270. The van der Waals surface area contributed by atoms with Gasteiger partial charge < -0.3 is 10.1 Å². The van der Waals surface area contributed by atoms with Crippen LogP contribution in [0.2, 0.25) is 0 Å². The second kappa shape index (κ2) is 5.59. The Bertz CT molecular complexity index is 239. The molecule has 5 heteroatoms. The third-order valence-corrected chi connectivity index (χ3v) is 2.40. The molecular formula is C11H21FN2O2. The number of hydrogen-bond acceptors (Lipinski definition) is 4. The molecule has 1 rings (SSSR count). The normalized spacial score (nSPS) is 23.1. The fraction of sp³-hybridized carbons (Fsp3) is 0.909. The van der Waals surface area contributed by atoms with E-state index in [1.165, 1.54) is 0 Å². The van der Waals surface area contributed by atoms with Crippen LogP contribution < -0.4 is 5.32 Å². The first-order chi connectivity index (χ1) is 7.44. The number of piperazine rings is 1. The molecule has 0 aliphatic carbocycles. The maximum absolute atomic E-state index is 12.3. The van der Waals surface area contributed by atoms with Gasteiger partial charge in [0.2, 0.25) is 0 Å². The second-order valence-electron chi connectivity index (χ2n) is 4.98. The molecule has 1 N–H and O–H groups in total. The summed E-state index contributed by atoms with van der Waals surface area (Å²) in [7, 11) is 0. The van der Waals surface area contributed by atoms with E-state index in [9.17, 15) is 9.18 Å². The van der Waals surface area contributed by atoms with Crippen LogP contribution in [0.4, 0.5) is 4.39 Å². The summed E-state index contributed by atoms with van der Waals surface area (Å²) in [5, 5.41) is 3.12. The molecule has 0 aromatic carbocycles. The fourth-order valence-electron chi connectivity index (χ4n) is 1.72. The zero-order chi connectivity index (χ0) is 12.2. The molecule has 1 fully saturated rings. The first-order valence-corrected chi connectivity index (χ1v) is 5.67. The highest BCUT2D eigenvalue weighted by Gasteiger charge is 2.31. The zero-order valence-electron chi connectivity index (χ0n) is 10.3. The summed E-state index contributed by atoms with van der Waals surface area (Å²) >= 11 is 0. The van der Waals surface area contributed by atoms with Crippen LogP contribution in [-0.4, -0.2) is 55.4 Å². The molecule has 0 bridgehead atoms. The molecule has 0 aromatic rings. The van der Waals surface area contributed by atoms with Crippen LogP contribution in [-0.2, 0) is 9.53 Å². The highest BCUT2D eigenvalue weighted by Crippen LogP contribution is 2.12. The van der Waals surface area contributed by atoms with Crippen molar-refractivity contribution in [3.8, 4) is 0 Å². The Kier molecular flexibility index (Phi) is 4.68. The Balaban J connectivity index is 2.57. The first kappa shape index (κ1) is 13.4. The van der Waals surface area contributed by atoms with Crippen LogP contribution in [0.3, 0.4) is 0 Å². The lowest BCUT2D eigenvalue weighted by Gasteiger charge is -2.35. The van der Waals surface area contributed by atoms with E-state index in [0.717, 1.165) is 6.54 Å². The summed E-state index contributed by atoms with van der Waals surface area (Å²) in [6.45, 7) is 7.38. The Morgan fingerprint density at radius 3 is 2.81 bits per heavy atom. The molecule has 1 atom stereocenters. The standard InChI is InChI=1S/C11H21FN2O2/c1-11(2,3)16-10(15)9-8-13-5-7-14(9)6-4-12/h9,13H,4-8H2,1-3H3. The number of halogens is 1. The molecule has 0 radical (unpaired) electrons. The van der Waals surface area contributed by atoms with Gasteiger partial charge in [0.1, 0.15) is 18.3 Å². The molecule has 16 heavy (non-hydrogen) atoms. The molecule has 1 unspecified atom stereocenters. The van der Waals surface area contributed by atoms with Gasteiger partial charge in [-0.2, -0.15) is 0 Å². The first-order valence-electron chi connectivity index (χ1n) is 5.67. The Morgan fingerprint density at radius 1 is 1.56 bits per heavy atom. The van der Waals surface area contributed by atoms with Crippen molar-refractivity contribution in [2.45, 2.75) is 32.4 Å². The predicted octanol–water partition coefficient (Wildman–Crippen LogP) is 0.571. The largest absolute Gasteiger partial charge is 0.459 e. The van der Waals surface area contributed by atoms with Crippen molar-refractivity contribution in [3.05, 3.63) is 0 Å². The molecule has 0 amide bonds. The van der Waals surface area contributed by atoms with Gasteiger partial charge in [0.25, 0.3) is 0 Å². The number of carbonyl (C=O) groups is 1. The maximum atomic E-state index is 12.3. The van der Waals surface area contributed by atoms with E-state index in [1.807, 2.05) is 25.7 Å². The van der Waals surface area contributed by atoms with Gasteiger partial charge in [-0.1, -0.05) is 0 Å². The van der Waals surface area contributed by atoms with Gasteiger partial charge in [0.05, 0.1) is 0 Å². The van der Waals surface area contributed by atoms with Crippen molar-refractivity contribution in [1.82, 2.24) is 10.2 Å². The minimum absolute atomic E-state index is 0.270. The summed E-state index contributed by atoms with van der Waals surface area (Å²) in [4.78, 5) is 13.7. The number of nitrogens with one attached hydrogen (secondary N) is 1. The number of alkyl halides is 1. The molecule has 94 valence electrons. The van der Waals surface area contributed by atoms with Crippen LogP contribution in [0.1, 0.15) is 20.8 Å². The van der Waals surface area contributed by atoms with Gasteiger partial charge in [-0.15, -0.1) is 0 Å². The smallest absolute Gasteiger partial charge is 0.325 e. The number of ether oxygens (including phenoxy) is 1. The molecule has 0 saturated carbocycles. The Labute approximate surface area is 96.1 Å². The number of rotatable bonds is 3. The zero-order valence-corrected chi connectivity index (χ0v) is 10.3. The highest BCUT2D eigenvalue weighted by molar-refractivity contribution is 5.76. The molecule has 1 saturated heterocycles. The number of carbonyl (C=O) groups excluding carboxylic acids is 1. The minimum Gasteiger partial charge on any atom is -0.459 e. The van der Waals surface area contributed by atoms with E-state index in [-0.39, 0.29) is 12.0 Å². The van der Waals surface area contributed by atoms with E-state index in [2.05, 4.69) is 5.32 Å². The summed E-state index contributed by atoms with van der Waals surface area (Å²) < 4.78 is 17.6. The number of nitrogens with zero attached hydrogens (tertiary/aromatic N) is 1.